The molecule has 0 spiro atoms. The number of carboxylic acid groups (broad SMARTS) is 1. The van der Waals surface area contributed by atoms with E-state index in [9.17, 15) is 9.59 Å². The van der Waals surface area contributed by atoms with E-state index in [0.29, 0.717) is 0 Å². The number of amides is 1. The molecular weight excluding hydrogens is 224 g/mol. The number of aromatic nitrogens is 3. The van der Waals surface area contributed by atoms with E-state index < -0.39 is 12.0 Å². The predicted molar refractivity (Wildman–Crippen MR) is 59.6 cm³/mol. The van der Waals surface area contributed by atoms with Gasteiger partial charge in [0.15, 0.2) is 5.69 Å². The maximum atomic E-state index is 11.7. The highest BCUT2D eigenvalue weighted by atomic mass is 16.4. The van der Waals surface area contributed by atoms with Crippen molar-refractivity contribution in [3.63, 3.8) is 0 Å². The molecular formula is C10H16N4O3. The number of carbonyl (C=O) groups excluding carboxylic acids is 1. The van der Waals surface area contributed by atoms with Gasteiger partial charge in [-0.1, -0.05) is 12.1 Å². The summed E-state index contributed by atoms with van der Waals surface area (Å²) >= 11 is 0. The van der Waals surface area contributed by atoms with Crippen LogP contribution in [-0.2, 0) is 4.79 Å². The zero-order valence-electron chi connectivity index (χ0n) is 10.0. The van der Waals surface area contributed by atoms with Crippen molar-refractivity contribution in [2.24, 2.45) is 0 Å². The van der Waals surface area contributed by atoms with Crippen LogP contribution in [0, 0.1) is 0 Å². The van der Waals surface area contributed by atoms with Crippen molar-refractivity contribution in [1.29, 1.82) is 0 Å². The van der Waals surface area contributed by atoms with Gasteiger partial charge in [-0.3, -0.25) is 4.79 Å². The SMILES string of the molecule is CCC(C)NC(=O)C(C)n1cc(C(=O)O)nn1. The van der Waals surface area contributed by atoms with Gasteiger partial charge in [0, 0.05) is 6.04 Å². The summed E-state index contributed by atoms with van der Waals surface area (Å²) in [5.74, 6) is -1.37. The fraction of sp³-hybridized carbons (Fsp3) is 0.600. The van der Waals surface area contributed by atoms with Crippen molar-refractivity contribution in [2.75, 3.05) is 0 Å². The van der Waals surface area contributed by atoms with Crippen molar-refractivity contribution in [1.82, 2.24) is 20.3 Å². The molecule has 7 nitrogen and oxygen atoms in total. The smallest absolute Gasteiger partial charge is 0.358 e. The molecule has 1 heterocycles. The third-order valence-electron chi connectivity index (χ3n) is 2.51. The minimum Gasteiger partial charge on any atom is -0.476 e. The lowest BCUT2D eigenvalue weighted by atomic mass is 10.2. The zero-order valence-corrected chi connectivity index (χ0v) is 10.0. The van der Waals surface area contributed by atoms with Crippen LogP contribution >= 0.6 is 0 Å². The number of nitrogens with zero attached hydrogens (tertiary/aromatic N) is 3. The highest BCUT2D eigenvalue weighted by Crippen LogP contribution is 2.05. The summed E-state index contributed by atoms with van der Waals surface area (Å²) in [6.45, 7) is 5.50. The van der Waals surface area contributed by atoms with E-state index in [-0.39, 0.29) is 17.6 Å². The van der Waals surface area contributed by atoms with Crippen LogP contribution in [0.5, 0.6) is 0 Å². The standard InChI is InChI=1S/C10H16N4O3/c1-4-6(2)11-9(15)7(3)14-5-8(10(16)17)12-13-14/h5-7H,4H2,1-3H3,(H,11,15)(H,16,17). The first-order valence-electron chi connectivity index (χ1n) is 5.41. The first-order valence-corrected chi connectivity index (χ1v) is 5.41. The molecule has 7 heteroatoms. The number of rotatable bonds is 5. The lowest BCUT2D eigenvalue weighted by Gasteiger charge is -2.15. The number of aromatic carboxylic acids is 1. The third-order valence-corrected chi connectivity index (χ3v) is 2.51. The van der Waals surface area contributed by atoms with Gasteiger partial charge < -0.3 is 10.4 Å². The Morgan fingerprint density at radius 2 is 2.18 bits per heavy atom. The first-order chi connectivity index (χ1) is 7.95. The Morgan fingerprint density at radius 3 is 2.65 bits per heavy atom. The maximum absolute atomic E-state index is 11.7. The molecule has 0 aliphatic carbocycles. The fourth-order valence-corrected chi connectivity index (χ4v) is 1.15. The van der Waals surface area contributed by atoms with Crippen molar-refractivity contribution in [3.05, 3.63) is 11.9 Å². The molecule has 0 aliphatic rings. The molecule has 94 valence electrons. The highest BCUT2D eigenvalue weighted by Gasteiger charge is 2.19. The van der Waals surface area contributed by atoms with Crippen LogP contribution in [0.4, 0.5) is 0 Å². The molecule has 17 heavy (non-hydrogen) atoms. The van der Waals surface area contributed by atoms with Gasteiger partial charge in [-0.25, -0.2) is 9.48 Å². The van der Waals surface area contributed by atoms with Crippen LogP contribution in [0.15, 0.2) is 6.20 Å². The van der Waals surface area contributed by atoms with Gasteiger partial charge in [0.2, 0.25) is 5.91 Å². The molecule has 0 radical (unpaired) electrons. The summed E-state index contributed by atoms with van der Waals surface area (Å²) in [4.78, 5) is 22.4. The van der Waals surface area contributed by atoms with E-state index in [2.05, 4.69) is 15.6 Å². The van der Waals surface area contributed by atoms with E-state index in [0.717, 1.165) is 6.42 Å². The minimum atomic E-state index is -1.16. The minimum absolute atomic E-state index is 0.0763. The van der Waals surface area contributed by atoms with Crippen LogP contribution in [0.25, 0.3) is 0 Å². The van der Waals surface area contributed by atoms with Crippen LogP contribution < -0.4 is 5.32 Å². The van der Waals surface area contributed by atoms with Gasteiger partial charge in [-0.05, 0) is 20.3 Å². The average Bonchev–Trinajstić information content (AvgIpc) is 2.77. The zero-order chi connectivity index (χ0) is 13.0. The van der Waals surface area contributed by atoms with E-state index >= 15 is 0 Å². The maximum Gasteiger partial charge on any atom is 0.358 e. The number of carboxylic acids is 1. The van der Waals surface area contributed by atoms with Crippen LogP contribution in [0.1, 0.15) is 43.7 Å². The predicted octanol–water partition coefficient (Wildman–Crippen LogP) is 0.452. The monoisotopic (exact) mass is 240 g/mol. The fourth-order valence-electron chi connectivity index (χ4n) is 1.15. The molecule has 2 atom stereocenters. The van der Waals surface area contributed by atoms with Gasteiger partial charge in [-0.15, -0.1) is 5.10 Å². The van der Waals surface area contributed by atoms with Gasteiger partial charge in [0.1, 0.15) is 6.04 Å². The molecule has 0 bridgehead atoms. The van der Waals surface area contributed by atoms with Gasteiger partial charge in [0.05, 0.1) is 6.20 Å². The Hall–Kier alpha value is -1.92. The van der Waals surface area contributed by atoms with Crippen LogP contribution in [-0.4, -0.2) is 38.0 Å². The molecule has 2 unspecified atom stereocenters. The van der Waals surface area contributed by atoms with E-state index in [1.165, 1.54) is 10.9 Å². The molecule has 1 rings (SSSR count). The van der Waals surface area contributed by atoms with E-state index in [4.69, 9.17) is 5.11 Å². The first kappa shape index (κ1) is 13.1. The van der Waals surface area contributed by atoms with E-state index in [1.54, 1.807) is 6.92 Å². The summed E-state index contributed by atoms with van der Waals surface area (Å²) < 4.78 is 1.24. The van der Waals surface area contributed by atoms with Crippen molar-refractivity contribution >= 4 is 11.9 Å². The summed E-state index contributed by atoms with van der Waals surface area (Å²) in [5.41, 5.74) is -0.173. The highest BCUT2D eigenvalue weighted by molar-refractivity contribution is 5.85. The number of nitrogens with one attached hydrogen (secondary N) is 1. The third kappa shape index (κ3) is 3.27. The quantitative estimate of drug-likeness (QED) is 0.778. The number of hydrogen-bond acceptors (Lipinski definition) is 4. The molecule has 0 aliphatic heterocycles. The molecule has 1 aromatic rings. The van der Waals surface area contributed by atoms with Crippen molar-refractivity contribution in [3.8, 4) is 0 Å². The van der Waals surface area contributed by atoms with Gasteiger partial charge >= 0.3 is 5.97 Å². The van der Waals surface area contributed by atoms with E-state index in [1.807, 2.05) is 13.8 Å². The second kappa shape index (κ2) is 5.42. The second-order valence-corrected chi connectivity index (χ2v) is 3.88. The Morgan fingerprint density at radius 1 is 1.53 bits per heavy atom. The van der Waals surface area contributed by atoms with Crippen LogP contribution in [0.2, 0.25) is 0 Å². The van der Waals surface area contributed by atoms with Crippen LogP contribution in [0.3, 0.4) is 0 Å². The van der Waals surface area contributed by atoms with Gasteiger partial charge in [0.25, 0.3) is 0 Å². The molecule has 0 aromatic carbocycles. The van der Waals surface area contributed by atoms with Gasteiger partial charge in [-0.2, -0.15) is 0 Å². The average molecular weight is 240 g/mol. The van der Waals surface area contributed by atoms with Crippen molar-refractivity contribution < 1.29 is 14.7 Å². The molecule has 0 saturated carbocycles. The Kier molecular flexibility index (Phi) is 4.19. The molecule has 0 saturated heterocycles. The Labute approximate surface area is 98.8 Å². The Balaban J connectivity index is 2.71. The number of carbonyl (C=O) groups is 2. The topological polar surface area (TPSA) is 97.1 Å². The molecule has 2 N–H and O–H groups in total. The Bertz CT molecular complexity index is 415. The molecule has 0 fully saturated rings. The largest absolute Gasteiger partial charge is 0.476 e. The summed E-state index contributed by atoms with van der Waals surface area (Å²) in [6.07, 6.45) is 2.07. The molecule has 1 aromatic heterocycles. The lowest BCUT2D eigenvalue weighted by molar-refractivity contribution is -0.124. The summed E-state index contributed by atoms with van der Waals surface area (Å²) in [7, 11) is 0. The molecule has 1 amide bonds. The lowest BCUT2D eigenvalue weighted by Crippen LogP contribution is -2.37. The summed E-state index contributed by atoms with van der Waals surface area (Å²) in [5, 5.41) is 18.5. The summed E-state index contributed by atoms with van der Waals surface area (Å²) in [6, 6.07) is -0.503. The normalized spacial score (nSPS) is 14.1. The van der Waals surface area contributed by atoms with Crippen molar-refractivity contribution in [2.45, 2.75) is 39.3 Å². The number of hydrogen-bond donors (Lipinski definition) is 2. The second-order valence-electron chi connectivity index (χ2n) is 3.88.